The molecule has 0 unspecified atom stereocenters. The van der Waals surface area contributed by atoms with Crippen molar-refractivity contribution in [2.24, 2.45) is 0 Å². The lowest BCUT2D eigenvalue weighted by molar-refractivity contribution is -0.120. The van der Waals surface area contributed by atoms with E-state index in [4.69, 9.17) is 0 Å². The molecule has 0 aliphatic carbocycles. The van der Waals surface area contributed by atoms with Crippen LogP contribution in [0.3, 0.4) is 0 Å². The Morgan fingerprint density at radius 3 is 2.31 bits per heavy atom. The Hall–Kier alpha value is -2.60. The van der Waals surface area contributed by atoms with Gasteiger partial charge in [-0.25, -0.2) is 0 Å². The second kappa shape index (κ2) is 7.74. The highest BCUT2D eigenvalue weighted by Crippen LogP contribution is 2.26. The Balaban J connectivity index is 1.88. The number of hydrogen-bond acceptors (Lipinski definition) is 4. The van der Waals surface area contributed by atoms with Crippen LogP contribution in [0.4, 0.5) is 5.69 Å². The summed E-state index contributed by atoms with van der Waals surface area (Å²) in [5.74, 6) is -0.495. The van der Waals surface area contributed by atoms with E-state index in [0.717, 1.165) is 10.5 Å². The number of anilines is 1. The van der Waals surface area contributed by atoms with E-state index in [0.29, 0.717) is 29.0 Å². The SMILES string of the molecule is CSCC[C@H](C(=O)Nc1cccc(C)c1)N1C(=O)c2ccccc2C1=O. The van der Waals surface area contributed by atoms with E-state index in [1.165, 1.54) is 0 Å². The molecule has 1 heterocycles. The van der Waals surface area contributed by atoms with Gasteiger partial charge in [-0.3, -0.25) is 19.3 Å². The Bertz CT molecular complexity index is 831. The van der Waals surface area contributed by atoms with Crippen LogP contribution < -0.4 is 5.32 Å². The maximum atomic E-state index is 12.9. The summed E-state index contributed by atoms with van der Waals surface area (Å²) in [6.07, 6.45) is 2.34. The van der Waals surface area contributed by atoms with Gasteiger partial charge in [0.15, 0.2) is 0 Å². The summed E-state index contributed by atoms with van der Waals surface area (Å²) in [6, 6.07) is 13.3. The molecular weight excluding hydrogens is 348 g/mol. The lowest BCUT2D eigenvalue weighted by Gasteiger charge is -2.25. The third-order valence-corrected chi connectivity index (χ3v) is 4.96. The van der Waals surface area contributed by atoms with Crippen molar-refractivity contribution < 1.29 is 14.4 Å². The molecule has 0 saturated heterocycles. The van der Waals surface area contributed by atoms with Gasteiger partial charge in [0.25, 0.3) is 11.8 Å². The van der Waals surface area contributed by atoms with E-state index in [-0.39, 0.29) is 5.91 Å². The van der Waals surface area contributed by atoms with Gasteiger partial charge in [-0.1, -0.05) is 24.3 Å². The highest BCUT2D eigenvalue weighted by atomic mass is 32.2. The molecule has 1 aliphatic heterocycles. The van der Waals surface area contributed by atoms with Crippen LogP contribution in [0.15, 0.2) is 48.5 Å². The fraction of sp³-hybridized carbons (Fsp3) is 0.250. The lowest BCUT2D eigenvalue weighted by Crippen LogP contribution is -2.47. The minimum Gasteiger partial charge on any atom is -0.324 e. The van der Waals surface area contributed by atoms with E-state index < -0.39 is 17.9 Å². The van der Waals surface area contributed by atoms with Gasteiger partial charge in [-0.15, -0.1) is 0 Å². The van der Waals surface area contributed by atoms with Gasteiger partial charge in [0, 0.05) is 5.69 Å². The lowest BCUT2D eigenvalue weighted by atomic mass is 10.1. The van der Waals surface area contributed by atoms with E-state index in [1.807, 2.05) is 31.4 Å². The predicted molar refractivity (Wildman–Crippen MR) is 104 cm³/mol. The number of carbonyl (C=O) groups is 3. The summed E-state index contributed by atoms with van der Waals surface area (Å²) >= 11 is 1.57. The van der Waals surface area contributed by atoms with Crippen molar-refractivity contribution in [3.63, 3.8) is 0 Å². The Morgan fingerprint density at radius 2 is 1.73 bits per heavy atom. The number of nitrogens with zero attached hydrogens (tertiary/aromatic N) is 1. The van der Waals surface area contributed by atoms with Gasteiger partial charge in [-0.2, -0.15) is 11.8 Å². The number of amides is 3. The number of hydrogen-bond donors (Lipinski definition) is 1. The normalized spacial score (nSPS) is 14.3. The maximum Gasteiger partial charge on any atom is 0.262 e. The molecule has 0 spiro atoms. The molecule has 3 rings (SSSR count). The monoisotopic (exact) mass is 368 g/mol. The first-order valence-electron chi connectivity index (χ1n) is 8.36. The van der Waals surface area contributed by atoms with Crippen LogP contribution in [0.25, 0.3) is 0 Å². The molecule has 3 amide bonds. The number of thioether (sulfide) groups is 1. The molecule has 0 fully saturated rings. The van der Waals surface area contributed by atoms with E-state index in [9.17, 15) is 14.4 Å². The third-order valence-electron chi connectivity index (χ3n) is 4.32. The first-order valence-corrected chi connectivity index (χ1v) is 9.75. The molecule has 0 radical (unpaired) electrons. The number of aryl methyl sites for hydroxylation is 1. The molecule has 0 aromatic heterocycles. The molecule has 1 aliphatic rings. The van der Waals surface area contributed by atoms with Crippen molar-refractivity contribution in [2.45, 2.75) is 19.4 Å². The van der Waals surface area contributed by atoms with E-state index in [1.54, 1.807) is 42.1 Å². The minimum absolute atomic E-state index is 0.348. The molecule has 26 heavy (non-hydrogen) atoms. The van der Waals surface area contributed by atoms with Crippen LogP contribution in [-0.2, 0) is 4.79 Å². The molecule has 2 aromatic rings. The summed E-state index contributed by atoms with van der Waals surface area (Å²) in [5.41, 5.74) is 2.38. The Kier molecular flexibility index (Phi) is 5.42. The quantitative estimate of drug-likeness (QED) is 0.794. The number of rotatable bonds is 6. The van der Waals surface area contributed by atoms with Crippen molar-refractivity contribution in [3.05, 3.63) is 65.2 Å². The molecule has 0 saturated carbocycles. The third kappa shape index (κ3) is 3.51. The standard InChI is InChI=1S/C20H20N2O3S/c1-13-6-5-7-14(12-13)21-18(23)17(10-11-26-2)22-19(24)15-8-3-4-9-16(15)20(22)25/h3-9,12,17H,10-11H2,1-2H3,(H,21,23)/t17-/m1/s1. The number of benzene rings is 2. The highest BCUT2D eigenvalue weighted by molar-refractivity contribution is 7.98. The van der Waals surface area contributed by atoms with Crippen LogP contribution in [0.1, 0.15) is 32.7 Å². The van der Waals surface area contributed by atoms with Crippen molar-refractivity contribution in [1.29, 1.82) is 0 Å². The molecule has 0 bridgehead atoms. The Morgan fingerprint density at radius 1 is 1.08 bits per heavy atom. The van der Waals surface area contributed by atoms with E-state index >= 15 is 0 Å². The van der Waals surface area contributed by atoms with Gasteiger partial charge in [0.05, 0.1) is 11.1 Å². The zero-order valence-corrected chi connectivity index (χ0v) is 15.5. The molecular formula is C20H20N2O3S. The molecule has 5 nitrogen and oxygen atoms in total. The summed E-state index contributed by atoms with van der Waals surface area (Å²) in [4.78, 5) is 39.5. The summed E-state index contributed by atoms with van der Waals surface area (Å²) < 4.78 is 0. The summed E-state index contributed by atoms with van der Waals surface area (Å²) in [5, 5.41) is 2.84. The molecule has 1 N–H and O–H groups in total. The fourth-order valence-electron chi connectivity index (χ4n) is 3.05. The molecule has 6 heteroatoms. The van der Waals surface area contributed by atoms with Gasteiger partial charge >= 0.3 is 0 Å². The van der Waals surface area contributed by atoms with Crippen LogP contribution in [0.5, 0.6) is 0 Å². The average Bonchev–Trinajstić information content (AvgIpc) is 2.87. The zero-order chi connectivity index (χ0) is 18.7. The molecule has 2 aromatic carbocycles. The smallest absolute Gasteiger partial charge is 0.262 e. The minimum atomic E-state index is -0.838. The van der Waals surface area contributed by atoms with Crippen LogP contribution >= 0.6 is 11.8 Å². The van der Waals surface area contributed by atoms with Crippen LogP contribution in [0.2, 0.25) is 0 Å². The van der Waals surface area contributed by atoms with Gasteiger partial charge < -0.3 is 5.32 Å². The number of fused-ring (bicyclic) bond motifs is 1. The number of nitrogens with one attached hydrogen (secondary N) is 1. The van der Waals surface area contributed by atoms with Gasteiger partial charge in [0.2, 0.25) is 5.91 Å². The topological polar surface area (TPSA) is 66.5 Å². The second-order valence-corrected chi connectivity index (χ2v) is 7.17. The van der Waals surface area contributed by atoms with E-state index in [2.05, 4.69) is 5.32 Å². The maximum absolute atomic E-state index is 12.9. The van der Waals surface area contributed by atoms with Crippen LogP contribution in [0, 0.1) is 6.92 Å². The first kappa shape index (κ1) is 18.2. The highest BCUT2D eigenvalue weighted by Gasteiger charge is 2.42. The molecule has 1 atom stereocenters. The zero-order valence-electron chi connectivity index (χ0n) is 14.7. The van der Waals surface area contributed by atoms with Crippen molar-refractivity contribution in [2.75, 3.05) is 17.3 Å². The fourth-order valence-corrected chi connectivity index (χ4v) is 3.51. The summed E-state index contributed by atoms with van der Waals surface area (Å²) in [7, 11) is 0. The van der Waals surface area contributed by atoms with Gasteiger partial charge in [-0.05, 0) is 55.2 Å². The average molecular weight is 368 g/mol. The second-order valence-electron chi connectivity index (χ2n) is 6.18. The predicted octanol–water partition coefficient (Wildman–Crippen LogP) is 3.35. The number of imide groups is 1. The Labute approximate surface area is 156 Å². The van der Waals surface area contributed by atoms with Crippen molar-refractivity contribution >= 4 is 35.2 Å². The van der Waals surface area contributed by atoms with Crippen molar-refractivity contribution in [3.8, 4) is 0 Å². The molecule has 134 valence electrons. The number of carbonyl (C=O) groups excluding carboxylic acids is 3. The first-order chi connectivity index (χ1) is 12.5. The largest absolute Gasteiger partial charge is 0.324 e. The van der Waals surface area contributed by atoms with Gasteiger partial charge in [0.1, 0.15) is 6.04 Å². The van der Waals surface area contributed by atoms with Crippen molar-refractivity contribution in [1.82, 2.24) is 4.90 Å². The summed E-state index contributed by atoms with van der Waals surface area (Å²) in [6.45, 7) is 1.94. The van der Waals surface area contributed by atoms with Crippen LogP contribution in [-0.4, -0.2) is 40.7 Å².